The van der Waals surface area contributed by atoms with Gasteiger partial charge >= 0.3 is 6.09 Å². The molecule has 2 heterocycles. The van der Waals surface area contributed by atoms with E-state index < -0.39 is 0 Å². The maximum Gasteiger partial charge on any atom is 0.409 e. The first kappa shape index (κ1) is 13.4. The van der Waals surface area contributed by atoms with Crippen LogP contribution in [0.5, 0.6) is 0 Å². The minimum Gasteiger partial charge on any atom is -0.450 e. The Morgan fingerprint density at radius 1 is 1.42 bits per heavy atom. The number of aryl methyl sites for hydroxylation is 1. The van der Waals surface area contributed by atoms with E-state index in [0.29, 0.717) is 44.4 Å². The van der Waals surface area contributed by atoms with Crippen LogP contribution in [0.2, 0.25) is 0 Å². The molecule has 0 aromatic carbocycles. The average molecular weight is 266 g/mol. The van der Waals surface area contributed by atoms with Crippen molar-refractivity contribution in [1.29, 1.82) is 0 Å². The van der Waals surface area contributed by atoms with Crippen LogP contribution < -0.4 is 10.5 Å². The molecule has 1 fully saturated rings. The molecule has 0 bridgehead atoms. The molecule has 1 aromatic rings. The van der Waals surface area contributed by atoms with Crippen LogP contribution in [-0.2, 0) is 4.74 Å². The lowest BCUT2D eigenvalue weighted by Crippen LogP contribution is -2.49. The van der Waals surface area contributed by atoms with Crippen molar-refractivity contribution < 1.29 is 9.53 Å². The molecule has 7 heteroatoms. The van der Waals surface area contributed by atoms with Crippen LogP contribution in [-0.4, -0.2) is 53.7 Å². The third-order valence-corrected chi connectivity index (χ3v) is 2.96. The van der Waals surface area contributed by atoms with Crippen molar-refractivity contribution in [3.05, 3.63) is 22.1 Å². The second kappa shape index (κ2) is 5.73. The Morgan fingerprint density at radius 2 is 2.11 bits per heavy atom. The van der Waals surface area contributed by atoms with E-state index in [2.05, 4.69) is 9.97 Å². The summed E-state index contributed by atoms with van der Waals surface area (Å²) >= 11 is 0. The highest BCUT2D eigenvalue weighted by atomic mass is 16.6. The Hall–Kier alpha value is -2.05. The van der Waals surface area contributed by atoms with Gasteiger partial charge in [0.05, 0.1) is 6.61 Å². The summed E-state index contributed by atoms with van der Waals surface area (Å²) in [6.07, 6.45) is -0.284. The topological polar surface area (TPSA) is 78.5 Å². The second-order valence-corrected chi connectivity index (χ2v) is 4.38. The number of nitrogens with one attached hydrogen (secondary N) is 1. The van der Waals surface area contributed by atoms with Gasteiger partial charge in [0.25, 0.3) is 5.56 Å². The molecule has 0 unspecified atom stereocenters. The summed E-state index contributed by atoms with van der Waals surface area (Å²) in [7, 11) is 0. The fourth-order valence-corrected chi connectivity index (χ4v) is 2.03. The van der Waals surface area contributed by atoms with Crippen LogP contribution in [0.3, 0.4) is 0 Å². The molecule has 1 aromatic heterocycles. The Labute approximate surface area is 111 Å². The van der Waals surface area contributed by atoms with Gasteiger partial charge in [-0.2, -0.15) is 0 Å². The summed E-state index contributed by atoms with van der Waals surface area (Å²) in [4.78, 5) is 33.6. The lowest BCUT2D eigenvalue weighted by atomic mass is 10.3. The third-order valence-electron chi connectivity index (χ3n) is 2.96. The molecular weight excluding hydrogens is 248 g/mol. The summed E-state index contributed by atoms with van der Waals surface area (Å²) in [5, 5.41) is 0. The van der Waals surface area contributed by atoms with Crippen molar-refractivity contribution in [1.82, 2.24) is 14.9 Å². The van der Waals surface area contributed by atoms with E-state index in [1.165, 1.54) is 6.07 Å². The lowest BCUT2D eigenvalue weighted by molar-refractivity contribution is 0.105. The van der Waals surface area contributed by atoms with Crippen LogP contribution in [0.4, 0.5) is 10.7 Å². The molecule has 19 heavy (non-hydrogen) atoms. The van der Waals surface area contributed by atoms with E-state index in [-0.39, 0.29) is 11.7 Å². The number of carbonyl (C=O) groups excluding carboxylic acids is 1. The van der Waals surface area contributed by atoms with Crippen molar-refractivity contribution in [3.8, 4) is 0 Å². The highest BCUT2D eigenvalue weighted by Gasteiger charge is 2.23. The van der Waals surface area contributed by atoms with E-state index in [4.69, 9.17) is 4.74 Å². The zero-order valence-electron chi connectivity index (χ0n) is 11.2. The summed E-state index contributed by atoms with van der Waals surface area (Å²) in [5.41, 5.74) is 0.530. The first-order valence-corrected chi connectivity index (χ1v) is 6.34. The van der Waals surface area contributed by atoms with Gasteiger partial charge in [-0.25, -0.2) is 9.78 Å². The van der Waals surface area contributed by atoms with Gasteiger partial charge in [0, 0.05) is 37.9 Å². The molecule has 2 rings (SSSR count). The van der Waals surface area contributed by atoms with Gasteiger partial charge in [-0.15, -0.1) is 0 Å². The van der Waals surface area contributed by atoms with Crippen molar-refractivity contribution >= 4 is 12.0 Å². The molecule has 7 nitrogen and oxygen atoms in total. The van der Waals surface area contributed by atoms with Crippen molar-refractivity contribution in [2.45, 2.75) is 13.8 Å². The van der Waals surface area contributed by atoms with Gasteiger partial charge in [0.15, 0.2) is 0 Å². The Morgan fingerprint density at radius 3 is 2.68 bits per heavy atom. The number of anilines is 1. The van der Waals surface area contributed by atoms with Gasteiger partial charge in [-0.05, 0) is 13.8 Å². The number of aromatic amines is 1. The van der Waals surface area contributed by atoms with Gasteiger partial charge < -0.3 is 14.5 Å². The standard InChI is InChI=1S/C12H18N4O3/c1-3-19-12(18)16-6-4-15(5-7-16)11-13-9(2)8-10(17)14-11/h8H,3-7H2,1-2H3,(H,13,14,17). The molecule has 1 N–H and O–H groups in total. The fourth-order valence-electron chi connectivity index (χ4n) is 2.03. The number of hydrogen-bond donors (Lipinski definition) is 1. The van der Waals surface area contributed by atoms with Crippen LogP contribution in [0.1, 0.15) is 12.6 Å². The first-order chi connectivity index (χ1) is 9.10. The molecule has 1 aliphatic heterocycles. The van der Waals surface area contributed by atoms with Gasteiger partial charge in [-0.1, -0.05) is 0 Å². The van der Waals surface area contributed by atoms with E-state index >= 15 is 0 Å². The van der Waals surface area contributed by atoms with Gasteiger partial charge in [0.1, 0.15) is 0 Å². The summed E-state index contributed by atoms with van der Waals surface area (Å²) in [6.45, 7) is 6.35. The number of carbonyl (C=O) groups is 1. The zero-order chi connectivity index (χ0) is 13.8. The Balaban J connectivity index is 1.99. The van der Waals surface area contributed by atoms with Crippen LogP contribution in [0, 0.1) is 6.92 Å². The maximum atomic E-state index is 11.6. The molecule has 0 saturated carbocycles. The molecule has 0 atom stereocenters. The number of H-pyrrole nitrogens is 1. The van der Waals surface area contributed by atoms with Crippen LogP contribution in [0.15, 0.2) is 10.9 Å². The van der Waals surface area contributed by atoms with Gasteiger partial charge in [0.2, 0.25) is 5.95 Å². The molecule has 1 amide bonds. The highest BCUT2D eigenvalue weighted by Crippen LogP contribution is 2.10. The second-order valence-electron chi connectivity index (χ2n) is 4.38. The number of aromatic nitrogens is 2. The Kier molecular flexibility index (Phi) is 4.03. The number of ether oxygens (including phenoxy) is 1. The van der Waals surface area contributed by atoms with E-state index in [1.54, 1.807) is 18.7 Å². The summed E-state index contributed by atoms with van der Waals surface area (Å²) < 4.78 is 4.96. The van der Waals surface area contributed by atoms with Crippen molar-refractivity contribution in [3.63, 3.8) is 0 Å². The zero-order valence-corrected chi connectivity index (χ0v) is 11.2. The first-order valence-electron chi connectivity index (χ1n) is 6.34. The van der Waals surface area contributed by atoms with E-state index in [9.17, 15) is 9.59 Å². The van der Waals surface area contributed by atoms with Crippen molar-refractivity contribution in [2.24, 2.45) is 0 Å². The smallest absolute Gasteiger partial charge is 0.409 e. The van der Waals surface area contributed by atoms with E-state index in [1.807, 2.05) is 4.90 Å². The quantitative estimate of drug-likeness (QED) is 0.836. The van der Waals surface area contributed by atoms with E-state index in [0.717, 1.165) is 0 Å². The third kappa shape index (κ3) is 3.24. The maximum absolute atomic E-state index is 11.6. The number of piperazine rings is 1. The molecular formula is C12H18N4O3. The molecule has 0 spiro atoms. The van der Waals surface area contributed by atoms with Gasteiger partial charge in [-0.3, -0.25) is 9.78 Å². The minimum atomic E-state index is -0.284. The normalized spacial score (nSPS) is 15.5. The molecule has 1 aliphatic rings. The molecule has 104 valence electrons. The monoisotopic (exact) mass is 266 g/mol. The average Bonchev–Trinajstić information content (AvgIpc) is 2.38. The number of hydrogen-bond acceptors (Lipinski definition) is 5. The number of rotatable bonds is 2. The molecule has 1 saturated heterocycles. The number of amides is 1. The predicted molar refractivity (Wildman–Crippen MR) is 70.4 cm³/mol. The summed E-state index contributed by atoms with van der Waals surface area (Å²) in [6, 6.07) is 1.46. The van der Waals surface area contributed by atoms with Crippen LogP contribution in [0.25, 0.3) is 0 Å². The largest absolute Gasteiger partial charge is 0.450 e. The summed E-state index contributed by atoms with van der Waals surface area (Å²) in [5.74, 6) is 0.563. The Bertz CT molecular complexity index is 506. The van der Waals surface area contributed by atoms with Crippen molar-refractivity contribution in [2.75, 3.05) is 37.7 Å². The number of nitrogens with zero attached hydrogens (tertiary/aromatic N) is 3. The predicted octanol–water partition coefficient (Wildman–Crippen LogP) is 0.357. The minimum absolute atomic E-state index is 0.157. The fraction of sp³-hybridized carbons (Fsp3) is 0.583. The highest BCUT2D eigenvalue weighted by molar-refractivity contribution is 5.68. The SMILES string of the molecule is CCOC(=O)N1CCN(c2nc(C)cc(=O)[nH]2)CC1. The van der Waals surface area contributed by atoms with Crippen LogP contribution >= 0.6 is 0 Å². The molecule has 0 radical (unpaired) electrons. The molecule has 0 aliphatic carbocycles. The lowest BCUT2D eigenvalue weighted by Gasteiger charge is -2.34.